The molecule has 2 aliphatic heterocycles. The van der Waals surface area contributed by atoms with Gasteiger partial charge in [-0.25, -0.2) is 9.13 Å². The van der Waals surface area contributed by atoms with Crippen LogP contribution in [0.15, 0.2) is 48.5 Å². The summed E-state index contributed by atoms with van der Waals surface area (Å²) in [5.41, 5.74) is 9.92. The molecular weight excluding hydrogens is 935 g/mol. The van der Waals surface area contributed by atoms with Crippen molar-refractivity contribution in [3.8, 4) is 23.0 Å². The van der Waals surface area contributed by atoms with Crippen molar-refractivity contribution in [3.05, 3.63) is 115 Å². The minimum atomic E-state index is -4.70. The van der Waals surface area contributed by atoms with Crippen LogP contribution in [-0.2, 0) is 52.5 Å². The van der Waals surface area contributed by atoms with E-state index in [-0.39, 0.29) is 78.2 Å². The van der Waals surface area contributed by atoms with E-state index in [4.69, 9.17) is 18.1 Å². The molecule has 0 aliphatic carbocycles. The van der Waals surface area contributed by atoms with E-state index < -0.39 is 15.6 Å². The van der Waals surface area contributed by atoms with Crippen LogP contribution >= 0.6 is 15.6 Å². The predicted molar refractivity (Wildman–Crippen MR) is 294 cm³/mol. The maximum absolute atomic E-state index is 13.4. The Morgan fingerprint density at radius 1 is 0.324 bits per heavy atom. The van der Waals surface area contributed by atoms with Crippen molar-refractivity contribution < 1.29 is 37.0 Å². The molecule has 0 radical (unpaired) electrons. The summed E-state index contributed by atoms with van der Waals surface area (Å²) >= 11 is 0. The molecule has 0 fully saturated rings. The Morgan fingerprint density at radius 3 is 0.606 bits per heavy atom. The Hall–Kier alpha value is -2.77. The first-order chi connectivity index (χ1) is 31.0. The first-order valence-electron chi connectivity index (χ1n) is 25.2. The van der Waals surface area contributed by atoms with Crippen molar-refractivity contribution >= 4 is 38.7 Å². The van der Waals surface area contributed by atoms with Gasteiger partial charge in [0.15, 0.2) is 0 Å². The van der Waals surface area contributed by atoms with E-state index in [0.29, 0.717) is 23.0 Å². The van der Waals surface area contributed by atoms with Crippen molar-refractivity contribution in [1.82, 2.24) is 0 Å². The molecule has 2 heterocycles. The van der Waals surface area contributed by atoms with E-state index in [0.717, 1.165) is 66.8 Å². The number of rotatable bonds is 0. The molecule has 0 atom stereocenters. The summed E-state index contributed by atoms with van der Waals surface area (Å²) in [5.74, 6) is 1.35. The van der Waals surface area contributed by atoms with Crippen molar-refractivity contribution in [2.75, 3.05) is 0 Å². The summed E-state index contributed by atoms with van der Waals surface area (Å²) < 4.78 is 50.0. The molecule has 71 heavy (non-hydrogen) atoms. The van der Waals surface area contributed by atoms with E-state index in [9.17, 15) is 18.9 Å². The standard InChI is InChI=1S/2C30H45O4P.Mg/c2*1-18-21-14-19(27(2,3)4)16-23(29(8,9)10)25(21)33-35(31,32)34-26-22(18)15-20(28(5,6)7)17-24(26)30(11,12)13;/h2*14-18H,1-13H3,(H,31,32);/q;;+2/p-2. The molecule has 0 unspecified atom stereocenters. The van der Waals surface area contributed by atoms with Gasteiger partial charge in [-0.05, 0) is 65.6 Å². The Labute approximate surface area is 446 Å². The van der Waals surface area contributed by atoms with Gasteiger partial charge in [-0.1, -0.05) is 229 Å². The van der Waals surface area contributed by atoms with Crippen LogP contribution in [0.2, 0.25) is 0 Å². The largest absolute Gasteiger partial charge is 2.00 e. The zero-order valence-corrected chi connectivity index (χ0v) is 51.8. The first kappa shape index (κ1) is 60.8. The number of fused-ring (bicyclic) bond motifs is 4. The molecule has 388 valence electrons. The second kappa shape index (κ2) is 19.4. The van der Waals surface area contributed by atoms with Crippen LogP contribution in [-0.4, -0.2) is 23.1 Å². The van der Waals surface area contributed by atoms with Gasteiger partial charge >= 0.3 is 38.7 Å². The zero-order valence-electron chi connectivity index (χ0n) is 48.6. The van der Waals surface area contributed by atoms with Crippen LogP contribution in [0.25, 0.3) is 0 Å². The maximum Gasteiger partial charge on any atom is 2.00 e. The molecule has 8 nitrogen and oxygen atoms in total. The summed E-state index contributed by atoms with van der Waals surface area (Å²) in [5, 5.41) is 0. The molecule has 4 aromatic rings. The fourth-order valence-electron chi connectivity index (χ4n) is 9.08. The monoisotopic (exact) mass is 1020 g/mol. The van der Waals surface area contributed by atoms with Crippen LogP contribution < -0.4 is 27.9 Å². The van der Waals surface area contributed by atoms with Gasteiger partial charge in [0.1, 0.15) is 23.0 Å². The van der Waals surface area contributed by atoms with E-state index in [1.807, 2.05) is 0 Å². The van der Waals surface area contributed by atoms with Crippen molar-refractivity contribution in [2.24, 2.45) is 0 Å². The smallest absolute Gasteiger partial charge is 0.736 e. The van der Waals surface area contributed by atoms with Gasteiger partial charge in [0.05, 0.1) is 0 Å². The van der Waals surface area contributed by atoms with Gasteiger partial charge < -0.3 is 27.9 Å². The Morgan fingerprint density at radius 2 is 0.479 bits per heavy atom. The Balaban J connectivity index is 0.000000304. The minimum Gasteiger partial charge on any atom is -0.736 e. The van der Waals surface area contributed by atoms with Crippen LogP contribution in [0, 0.1) is 0 Å². The SMILES string of the molecule is CC1c2cc(C(C)(C)C)cc(C(C)(C)C)c2OP(=O)([O-])Oc2c1cc(C(C)(C)C)cc2C(C)(C)C.CC1c2cc(C(C)(C)C)cc(C(C)(C)C)c2OP(=O)([O-])Oc2c1cc(C(C)(C)C)cc2C(C)(C)C.[Mg+2]. The molecule has 0 saturated carbocycles. The maximum atomic E-state index is 13.4. The fourth-order valence-corrected chi connectivity index (χ4v) is 10.9. The Kier molecular flexibility index (Phi) is 16.6. The summed E-state index contributed by atoms with van der Waals surface area (Å²) in [7, 11) is -9.41. The zero-order chi connectivity index (χ0) is 53.9. The quantitative estimate of drug-likeness (QED) is 0.126. The molecule has 0 bridgehead atoms. The van der Waals surface area contributed by atoms with E-state index in [2.05, 4.69) is 229 Å². The molecular formula is C60H88MgO8P2. The average Bonchev–Trinajstić information content (AvgIpc) is 3.12. The number of hydrogen-bond donors (Lipinski definition) is 0. The summed E-state index contributed by atoms with van der Waals surface area (Å²) in [4.78, 5) is 26.7. The number of benzene rings is 4. The van der Waals surface area contributed by atoms with Crippen LogP contribution in [0.5, 0.6) is 23.0 Å². The van der Waals surface area contributed by atoms with Crippen molar-refractivity contribution in [2.45, 2.75) is 235 Å². The van der Waals surface area contributed by atoms with Crippen LogP contribution in [0.4, 0.5) is 0 Å². The normalized spacial score (nSPS) is 21.0. The second-order valence-corrected chi connectivity index (χ2v) is 31.0. The molecule has 6 rings (SSSR count). The third-order valence-corrected chi connectivity index (χ3v) is 15.5. The van der Waals surface area contributed by atoms with Gasteiger partial charge in [-0.3, -0.25) is 0 Å². The third kappa shape index (κ3) is 13.6. The van der Waals surface area contributed by atoms with E-state index >= 15 is 0 Å². The van der Waals surface area contributed by atoms with Gasteiger partial charge in [0.2, 0.25) is 0 Å². The summed E-state index contributed by atoms with van der Waals surface area (Å²) in [6, 6.07) is 16.9. The van der Waals surface area contributed by atoms with Gasteiger partial charge in [0, 0.05) is 56.3 Å². The molecule has 0 spiro atoms. The molecule has 0 aromatic heterocycles. The van der Waals surface area contributed by atoms with Gasteiger partial charge in [0.25, 0.3) is 0 Å². The van der Waals surface area contributed by atoms with E-state index in [1.165, 1.54) is 0 Å². The molecule has 0 N–H and O–H groups in total. The van der Waals surface area contributed by atoms with Gasteiger partial charge in [-0.15, -0.1) is 0 Å². The second-order valence-electron chi connectivity index (χ2n) is 28.5. The number of hydrogen-bond acceptors (Lipinski definition) is 8. The topological polar surface area (TPSA) is 117 Å². The van der Waals surface area contributed by atoms with E-state index in [1.54, 1.807) is 0 Å². The third-order valence-electron chi connectivity index (χ3n) is 13.8. The van der Waals surface area contributed by atoms with Gasteiger partial charge in [-0.2, -0.15) is 0 Å². The molecule has 4 aromatic carbocycles. The first-order valence-corrected chi connectivity index (χ1v) is 28.1. The molecule has 0 saturated heterocycles. The number of phosphoric ester groups is 2. The summed E-state index contributed by atoms with van der Waals surface area (Å²) in [6.45, 7) is 55.5. The average molecular weight is 1020 g/mol. The van der Waals surface area contributed by atoms with Crippen molar-refractivity contribution in [3.63, 3.8) is 0 Å². The van der Waals surface area contributed by atoms with Crippen LogP contribution in [0.3, 0.4) is 0 Å². The predicted octanol–water partition coefficient (Wildman–Crippen LogP) is 16.2. The number of phosphoric acid groups is 2. The molecule has 0 amide bonds. The van der Waals surface area contributed by atoms with Crippen molar-refractivity contribution in [1.29, 1.82) is 0 Å². The minimum absolute atomic E-state index is 0. The molecule has 2 aliphatic rings. The fraction of sp³-hybridized carbons (Fsp3) is 0.600. The molecule has 11 heteroatoms. The van der Waals surface area contributed by atoms with Crippen LogP contribution in [0.1, 0.15) is 259 Å². The Bertz CT molecular complexity index is 2380. The summed E-state index contributed by atoms with van der Waals surface area (Å²) in [6.07, 6.45) is 0.